The fourth-order valence-corrected chi connectivity index (χ4v) is 2.80. The first-order chi connectivity index (χ1) is 8.50. The van der Waals surface area contributed by atoms with E-state index >= 15 is 0 Å². The first-order valence-electron chi connectivity index (χ1n) is 6.79. The molecular formula is C13H23N3O2. The third-order valence-electron chi connectivity index (χ3n) is 4.00. The van der Waals surface area contributed by atoms with Gasteiger partial charge in [0, 0.05) is 26.1 Å². The van der Waals surface area contributed by atoms with Gasteiger partial charge in [-0.3, -0.25) is 9.59 Å². The van der Waals surface area contributed by atoms with Crippen molar-refractivity contribution in [3.8, 4) is 0 Å². The molecule has 1 atom stereocenters. The molecule has 0 aromatic heterocycles. The summed E-state index contributed by atoms with van der Waals surface area (Å²) in [5.41, 5.74) is -0.000918. The van der Waals surface area contributed by atoms with Crippen LogP contribution in [0, 0.1) is 5.41 Å². The van der Waals surface area contributed by atoms with Gasteiger partial charge in [-0.1, -0.05) is 13.8 Å². The van der Waals surface area contributed by atoms with E-state index in [1.807, 2.05) is 4.90 Å². The Kier molecular flexibility index (Phi) is 3.90. The summed E-state index contributed by atoms with van der Waals surface area (Å²) in [6.45, 7) is 6.92. The van der Waals surface area contributed by atoms with Crippen LogP contribution in [0.15, 0.2) is 0 Å². The number of carbonyl (C=O) groups excluding carboxylic acids is 2. The van der Waals surface area contributed by atoms with Crippen molar-refractivity contribution in [2.75, 3.05) is 26.2 Å². The number of hydrogen-bond donors (Lipinski definition) is 2. The maximum Gasteiger partial charge on any atom is 0.240 e. The Morgan fingerprint density at radius 2 is 2.11 bits per heavy atom. The van der Waals surface area contributed by atoms with Gasteiger partial charge in [-0.05, 0) is 24.8 Å². The van der Waals surface area contributed by atoms with E-state index in [0.29, 0.717) is 26.1 Å². The molecule has 2 heterocycles. The molecule has 2 rings (SSSR count). The molecule has 2 aliphatic rings. The second kappa shape index (κ2) is 5.26. The predicted molar refractivity (Wildman–Crippen MR) is 69.0 cm³/mol. The molecule has 0 aliphatic carbocycles. The van der Waals surface area contributed by atoms with Crippen molar-refractivity contribution in [1.82, 2.24) is 15.5 Å². The van der Waals surface area contributed by atoms with Crippen LogP contribution in [0.3, 0.4) is 0 Å². The van der Waals surface area contributed by atoms with Crippen molar-refractivity contribution in [2.24, 2.45) is 5.41 Å². The summed E-state index contributed by atoms with van der Waals surface area (Å²) < 4.78 is 0. The standard InChI is InChI=1S/C13H23N3O2/c1-13(2)5-3-6-15-11(13)12(18)16-8-4-10(17)14-7-9-16/h11,15H,3-9H2,1-2H3,(H,14,17). The fourth-order valence-electron chi connectivity index (χ4n) is 2.80. The fraction of sp³-hybridized carbons (Fsp3) is 0.846. The number of nitrogens with zero attached hydrogens (tertiary/aromatic N) is 1. The number of piperidine rings is 1. The van der Waals surface area contributed by atoms with Gasteiger partial charge in [0.2, 0.25) is 11.8 Å². The molecule has 5 nitrogen and oxygen atoms in total. The van der Waals surface area contributed by atoms with Crippen LogP contribution in [-0.4, -0.2) is 48.9 Å². The Morgan fingerprint density at radius 3 is 2.83 bits per heavy atom. The topological polar surface area (TPSA) is 61.4 Å². The summed E-state index contributed by atoms with van der Waals surface area (Å²) in [4.78, 5) is 25.7. The molecule has 2 aliphatic heterocycles. The zero-order chi connectivity index (χ0) is 13.2. The van der Waals surface area contributed by atoms with E-state index in [2.05, 4.69) is 24.5 Å². The van der Waals surface area contributed by atoms with Crippen molar-refractivity contribution in [3.63, 3.8) is 0 Å². The van der Waals surface area contributed by atoms with Gasteiger partial charge >= 0.3 is 0 Å². The van der Waals surface area contributed by atoms with E-state index in [-0.39, 0.29) is 23.3 Å². The van der Waals surface area contributed by atoms with Crippen molar-refractivity contribution >= 4 is 11.8 Å². The molecule has 2 N–H and O–H groups in total. The van der Waals surface area contributed by atoms with E-state index < -0.39 is 0 Å². The highest BCUT2D eigenvalue weighted by molar-refractivity contribution is 5.84. The molecule has 0 aromatic rings. The summed E-state index contributed by atoms with van der Waals surface area (Å²) in [5.74, 6) is 0.192. The summed E-state index contributed by atoms with van der Waals surface area (Å²) in [7, 11) is 0. The molecule has 0 radical (unpaired) electrons. The Morgan fingerprint density at radius 1 is 1.33 bits per heavy atom. The molecule has 1 unspecified atom stereocenters. The maximum absolute atomic E-state index is 12.6. The monoisotopic (exact) mass is 253 g/mol. The highest BCUT2D eigenvalue weighted by Crippen LogP contribution is 2.31. The van der Waals surface area contributed by atoms with E-state index in [0.717, 1.165) is 19.4 Å². The highest BCUT2D eigenvalue weighted by atomic mass is 16.2. The molecule has 102 valence electrons. The Balaban J connectivity index is 2.03. The van der Waals surface area contributed by atoms with Gasteiger partial charge in [-0.25, -0.2) is 0 Å². The molecule has 0 aromatic carbocycles. The van der Waals surface area contributed by atoms with Gasteiger partial charge in [0.25, 0.3) is 0 Å². The van der Waals surface area contributed by atoms with Gasteiger partial charge in [-0.15, -0.1) is 0 Å². The van der Waals surface area contributed by atoms with E-state index in [4.69, 9.17) is 0 Å². The minimum Gasteiger partial charge on any atom is -0.354 e. The molecule has 2 amide bonds. The van der Waals surface area contributed by atoms with Crippen LogP contribution in [0.2, 0.25) is 0 Å². The molecule has 2 saturated heterocycles. The zero-order valence-electron chi connectivity index (χ0n) is 11.3. The van der Waals surface area contributed by atoms with Crippen LogP contribution in [-0.2, 0) is 9.59 Å². The van der Waals surface area contributed by atoms with Crippen LogP contribution >= 0.6 is 0 Å². The minimum absolute atomic E-state index is 0.000918. The zero-order valence-corrected chi connectivity index (χ0v) is 11.3. The SMILES string of the molecule is CC1(C)CCCNC1C(=O)N1CCNC(=O)CC1. The Hall–Kier alpha value is -1.10. The maximum atomic E-state index is 12.6. The number of amides is 2. The van der Waals surface area contributed by atoms with Crippen molar-refractivity contribution in [1.29, 1.82) is 0 Å². The summed E-state index contributed by atoms with van der Waals surface area (Å²) in [6.07, 6.45) is 2.61. The molecule has 0 saturated carbocycles. The number of hydrogen-bond acceptors (Lipinski definition) is 3. The average molecular weight is 253 g/mol. The van der Waals surface area contributed by atoms with E-state index in [9.17, 15) is 9.59 Å². The summed E-state index contributed by atoms with van der Waals surface area (Å²) >= 11 is 0. The van der Waals surface area contributed by atoms with Gasteiger partial charge in [0.05, 0.1) is 6.04 Å². The smallest absolute Gasteiger partial charge is 0.240 e. The van der Waals surface area contributed by atoms with Gasteiger partial charge < -0.3 is 15.5 Å². The number of rotatable bonds is 1. The van der Waals surface area contributed by atoms with Crippen LogP contribution in [0.4, 0.5) is 0 Å². The van der Waals surface area contributed by atoms with Gasteiger partial charge in [0.1, 0.15) is 0 Å². The molecule has 5 heteroatoms. The lowest BCUT2D eigenvalue weighted by Gasteiger charge is -2.40. The third kappa shape index (κ3) is 2.83. The molecule has 2 fully saturated rings. The van der Waals surface area contributed by atoms with Gasteiger partial charge in [-0.2, -0.15) is 0 Å². The quantitative estimate of drug-likeness (QED) is 0.697. The second-order valence-corrected chi connectivity index (χ2v) is 5.90. The first kappa shape index (κ1) is 13.3. The minimum atomic E-state index is -0.112. The van der Waals surface area contributed by atoms with Crippen molar-refractivity contribution in [3.05, 3.63) is 0 Å². The van der Waals surface area contributed by atoms with E-state index in [1.165, 1.54) is 0 Å². The average Bonchev–Trinajstić information content (AvgIpc) is 2.53. The third-order valence-corrected chi connectivity index (χ3v) is 4.00. The summed E-state index contributed by atoms with van der Waals surface area (Å²) in [5, 5.41) is 6.14. The summed E-state index contributed by atoms with van der Waals surface area (Å²) in [6, 6.07) is -0.112. The van der Waals surface area contributed by atoms with Crippen molar-refractivity contribution in [2.45, 2.75) is 39.2 Å². The normalized spacial score (nSPS) is 28.4. The van der Waals surface area contributed by atoms with Crippen LogP contribution in [0.5, 0.6) is 0 Å². The van der Waals surface area contributed by atoms with Crippen LogP contribution in [0.25, 0.3) is 0 Å². The van der Waals surface area contributed by atoms with Crippen molar-refractivity contribution < 1.29 is 9.59 Å². The number of nitrogens with one attached hydrogen (secondary N) is 2. The lowest BCUT2D eigenvalue weighted by Crippen LogP contribution is -2.57. The number of carbonyl (C=O) groups is 2. The second-order valence-electron chi connectivity index (χ2n) is 5.90. The molecule has 18 heavy (non-hydrogen) atoms. The predicted octanol–water partition coefficient (Wildman–Crippen LogP) is 0.113. The molecule has 0 spiro atoms. The largest absolute Gasteiger partial charge is 0.354 e. The Bertz CT molecular complexity index is 341. The van der Waals surface area contributed by atoms with Crippen LogP contribution < -0.4 is 10.6 Å². The molecule has 0 bridgehead atoms. The lowest BCUT2D eigenvalue weighted by atomic mass is 9.77. The van der Waals surface area contributed by atoms with Crippen LogP contribution in [0.1, 0.15) is 33.1 Å². The Labute approximate surface area is 108 Å². The molecular weight excluding hydrogens is 230 g/mol. The highest BCUT2D eigenvalue weighted by Gasteiger charge is 2.39. The lowest BCUT2D eigenvalue weighted by molar-refractivity contribution is -0.137. The first-order valence-corrected chi connectivity index (χ1v) is 6.79. The van der Waals surface area contributed by atoms with E-state index in [1.54, 1.807) is 0 Å². The van der Waals surface area contributed by atoms with Gasteiger partial charge in [0.15, 0.2) is 0 Å².